The summed E-state index contributed by atoms with van der Waals surface area (Å²) in [7, 11) is 0. The lowest BCUT2D eigenvalue weighted by atomic mass is 10.1. The third kappa shape index (κ3) is 4.38. The molecule has 1 aromatic carbocycles. The molecular formula is C13H14F3NO. The Morgan fingerprint density at radius 3 is 2.33 bits per heavy atom. The number of benzene rings is 1. The van der Waals surface area contributed by atoms with Gasteiger partial charge in [0, 0.05) is 0 Å². The van der Waals surface area contributed by atoms with Crippen LogP contribution in [0.4, 0.5) is 13.2 Å². The van der Waals surface area contributed by atoms with Crippen molar-refractivity contribution < 1.29 is 17.9 Å². The van der Waals surface area contributed by atoms with E-state index in [9.17, 15) is 13.2 Å². The lowest BCUT2D eigenvalue weighted by Crippen LogP contribution is -2.11. The van der Waals surface area contributed by atoms with Gasteiger partial charge in [-0.2, -0.15) is 18.4 Å². The molecule has 0 saturated carbocycles. The van der Waals surface area contributed by atoms with Crippen LogP contribution in [0.25, 0.3) is 0 Å². The summed E-state index contributed by atoms with van der Waals surface area (Å²) < 4.78 is 42.2. The van der Waals surface area contributed by atoms with E-state index in [4.69, 9.17) is 10.00 Å². The molecular weight excluding hydrogens is 243 g/mol. The fraction of sp³-hybridized carbons (Fsp3) is 0.462. The maximum absolute atomic E-state index is 12.3. The summed E-state index contributed by atoms with van der Waals surface area (Å²) in [5, 5.41) is 8.65. The maximum Gasteiger partial charge on any atom is 0.416 e. The van der Waals surface area contributed by atoms with Crippen LogP contribution < -0.4 is 0 Å². The molecule has 1 rings (SSSR count). The monoisotopic (exact) mass is 257 g/mol. The van der Waals surface area contributed by atoms with E-state index < -0.39 is 17.8 Å². The highest BCUT2D eigenvalue weighted by molar-refractivity contribution is 5.24. The van der Waals surface area contributed by atoms with Crippen molar-refractivity contribution in [3.8, 4) is 6.07 Å². The minimum absolute atomic E-state index is 0.331. The lowest BCUT2D eigenvalue weighted by molar-refractivity contribution is -0.137. The van der Waals surface area contributed by atoms with Gasteiger partial charge in [0.05, 0.1) is 18.2 Å². The molecule has 1 atom stereocenters. The van der Waals surface area contributed by atoms with Crippen molar-refractivity contribution in [2.45, 2.75) is 32.0 Å². The second-order valence-corrected chi connectivity index (χ2v) is 3.84. The molecule has 0 aliphatic rings. The number of nitrogens with zero attached hydrogens (tertiary/aromatic N) is 1. The number of nitriles is 1. The van der Waals surface area contributed by atoms with Crippen LogP contribution in [0, 0.1) is 11.3 Å². The fourth-order valence-electron chi connectivity index (χ4n) is 1.43. The molecule has 2 nitrogen and oxygen atoms in total. The summed E-state index contributed by atoms with van der Waals surface area (Å²) in [5.41, 5.74) is 0.103. The Morgan fingerprint density at radius 2 is 1.89 bits per heavy atom. The van der Waals surface area contributed by atoms with Crippen LogP contribution in [0.1, 0.15) is 24.5 Å². The Morgan fingerprint density at radius 1 is 1.28 bits per heavy atom. The summed E-state index contributed by atoms with van der Waals surface area (Å²) in [6.07, 6.45) is -3.65. The highest BCUT2D eigenvalue weighted by Crippen LogP contribution is 2.29. The van der Waals surface area contributed by atoms with Gasteiger partial charge >= 0.3 is 6.18 Å². The Kier molecular flexibility index (Phi) is 5.17. The molecule has 0 aliphatic heterocycles. The van der Waals surface area contributed by atoms with Crippen molar-refractivity contribution in [3.63, 3.8) is 0 Å². The minimum atomic E-state index is -4.30. The third-order valence-electron chi connectivity index (χ3n) is 2.51. The molecule has 0 aliphatic carbocycles. The third-order valence-corrected chi connectivity index (χ3v) is 2.51. The van der Waals surface area contributed by atoms with Crippen molar-refractivity contribution in [2.24, 2.45) is 0 Å². The Hall–Kier alpha value is -1.54. The van der Waals surface area contributed by atoms with Gasteiger partial charge in [-0.15, -0.1) is 0 Å². The Labute approximate surface area is 104 Å². The van der Waals surface area contributed by atoms with Crippen LogP contribution in [0.2, 0.25) is 0 Å². The molecule has 0 radical (unpaired) electrons. The summed E-state index contributed by atoms with van der Waals surface area (Å²) in [6, 6.07) is 6.96. The summed E-state index contributed by atoms with van der Waals surface area (Å²) >= 11 is 0. The van der Waals surface area contributed by atoms with Crippen LogP contribution in [0.3, 0.4) is 0 Å². The highest BCUT2D eigenvalue weighted by Gasteiger charge is 2.29. The zero-order chi connectivity index (χ0) is 13.6. The SMILES string of the molecule is CCC(C#N)OCCc1ccc(C(F)(F)F)cc1. The first-order chi connectivity index (χ1) is 8.47. The molecule has 0 heterocycles. The number of ether oxygens (including phenoxy) is 1. The molecule has 18 heavy (non-hydrogen) atoms. The molecule has 1 unspecified atom stereocenters. The molecule has 0 saturated heterocycles. The predicted octanol–water partition coefficient (Wildman–Crippen LogP) is 3.57. The quantitative estimate of drug-likeness (QED) is 0.807. The van der Waals surface area contributed by atoms with Gasteiger partial charge in [0.1, 0.15) is 6.10 Å². The van der Waals surface area contributed by atoms with Gasteiger partial charge in [-0.05, 0) is 30.5 Å². The van der Waals surface area contributed by atoms with Crippen LogP contribution >= 0.6 is 0 Å². The number of halogens is 3. The highest BCUT2D eigenvalue weighted by atomic mass is 19.4. The number of alkyl halides is 3. The van der Waals surface area contributed by atoms with Crippen LogP contribution in [-0.2, 0) is 17.3 Å². The van der Waals surface area contributed by atoms with Gasteiger partial charge in [0.25, 0.3) is 0 Å². The second-order valence-electron chi connectivity index (χ2n) is 3.84. The molecule has 98 valence electrons. The Bertz CT molecular complexity index is 406. The van der Waals surface area contributed by atoms with Gasteiger partial charge in [0.15, 0.2) is 0 Å². The molecule has 0 bridgehead atoms. The predicted molar refractivity (Wildman–Crippen MR) is 60.8 cm³/mol. The smallest absolute Gasteiger partial charge is 0.363 e. The van der Waals surface area contributed by atoms with Crippen molar-refractivity contribution in [3.05, 3.63) is 35.4 Å². The first kappa shape index (κ1) is 14.5. The Balaban J connectivity index is 2.48. The molecule has 0 N–H and O–H groups in total. The minimum Gasteiger partial charge on any atom is -0.363 e. The molecule has 0 spiro atoms. The zero-order valence-corrected chi connectivity index (χ0v) is 10.00. The average molecular weight is 257 g/mol. The van der Waals surface area contributed by atoms with E-state index in [2.05, 4.69) is 0 Å². The van der Waals surface area contributed by atoms with E-state index in [1.54, 1.807) is 0 Å². The molecule has 5 heteroatoms. The molecule has 0 aromatic heterocycles. The van der Waals surface area contributed by atoms with Crippen molar-refractivity contribution in [1.82, 2.24) is 0 Å². The van der Waals surface area contributed by atoms with E-state index in [1.165, 1.54) is 12.1 Å². The summed E-state index contributed by atoms with van der Waals surface area (Å²) in [5.74, 6) is 0. The lowest BCUT2D eigenvalue weighted by Gasteiger charge is -2.09. The maximum atomic E-state index is 12.3. The zero-order valence-electron chi connectivity index (χ0n) is 10.00. The van der Waals surface area contributed by atoms with Gasteiger partial charge in [-0.25, -0.2) is 0 Å². The van der Waals surface area contributed by atoms with Gasteiger partial charge < -0.3 is 4.74 Å². The normalized spacial score (nSPS) is 13.1. The fourth-order valence-corrected chi connectivity index (χ4v) is 1.43. The average Bonchev–Trinajstić information content (AvgIpc) is 2.34. The largest absolute Gasteiger partial charge is 0.416 e. The second kappa shape index (κ2) is 6.41. The topological polar surface area (TPSA) is 33.0 Å². The standard InChI is InChI=1S/C13H14F3NO/c1-2-12(9-17)18-8-7-10-3-5-11(6-4-10)13(14,15)16/h3-6,12H,2,7-8H2,1H3. The van der Waals surface area contributed by atoms with Gasteiger partial charge in [-0.1, -0.05) is 19.1 Å². The first-order valence-electron chi connectivity index (χ1n) is 5.64. The van der Waals surface area contributed by atoms with Crippen molar-refractivity contribution in [2.75, 3.05) is 6.61 Å². The number of hydrogen-bond acceptors (Lipinski definition) is 2. The van der Waals surface area contributed by atoms with E-state index in [-0.39, 0.29) is 0 Å². The van der Waals surface area contributed by atoms with Crippen molar-refractivity contribution in [1.29, 1.82) is 5.26 Å². The van der Waals surface area contributed by atoms with Gasteiger partial charge in [-0.3, -0.25) is 0 Å². The van der Waals surface area contributed by atoms with E-state index in [0.717, 1.165) is 17.7 Å². The summed E-state index contributed by atoms with van der Waals surface area (Å²) in [4.78, 5) is 0. The van der Waals surface area contributed by atoms with Crippen LogP contribution in [-0.4, -0.2) is 12.7 Å². The van der Waals surface area contributed by atoms with Crippen molar-refractivity contribution >= 4 is 0 Å². The van der Waals surface area contributed by atoms with E-state index in [1.807, 2.05) is 13.0 Å². The molecule has 0 fully saturated rings. The molecule has 1 aromatic rings. The summed E-state index contributed by atoms with van der Waals surface area (Å²) in [6.45, 7) is 2.17. The van der Waals surface area contributed by atoms with E-state index >= 15 is 0 Å². The van der Waals surface area contributed by atoms with Crippen LogP contribution in [0.5, 0.6) is 0 Å². The first-order valence-corrected chi connectivity index (χ1v) is 5.64. The van der Waals surface area contributed by atoms with Crippen LogP contribution in [0.15, 0.2) is 24.3 Å². The number of hydrogen-bond donors (Lipinski definition) is 0. The van der Waals surface area contributed by atoms with Gasteiger partial charge in [0.2, 0.25) is 0 Å². The molecule has 0 amide bonds. The number of rotatable bonds is 5. The van der Waals surface area contributed by atoms with E-state index in [0.29, 0.717) is 19.4 Å².